The Bertz CT molecular complexity index is 452. The molecule has 9 nitrogen and oxygen atoms in total. The number of aliphatic hydroxyl groups excluding tert-OH is 3. The van der Waals surface area contributed by atoms with Gasteiger partial charge in [-0.1, -0.05) is 0 Å². The van der Waals surface area contributed by atoms with Gasteiger partial charge in [0.15, 0.2) is 0 Å². The van der Waals surface area contributed by atoms with E-state index in [1.807, 2.05) is 0 Å². The quantitative estimate of drug-likeness (QED) is 0.391. The fourth-order valence-electron chi connectivity index (χ4n) is 5.39. The van der Waals surface area contributed by atoms with Crippen LogP contribution < -0.4 is 5.53 Å². The summed E-state index contributed by atoms with van der Waals surface area (Å²) in [6.45, 7) is 3.72. The average molecular weight is 430 g/mol. The van der Waals surface area contributed by atoms with Crippen molar-refractivity contribution in [2.75, 3.05) is 46.0 Å². The third-order valence-corrected chi connectivity index (χ3v) is 6.88. The normalized spacial score (nSPS) is 41.1. The Morgan fingerprint density at radius 3 is 1.43 bits per heavy atom. The van der Waals surface area contributed by atoms with E-state index < -0.39 is 0 Å². The van der Waals surface area contributed by atoms with Crippen molar-refractivity contribution in [2.24, 2.45) is 5.92 Å². The molecule has 0 saturated carbocycles. The van der Waals surface area contributed by atoms with Crippen molar-refractivity contribution in [3.05, 3.63) is 0 Å². The lowest BCUT2D eigenvalue weighted by Gasteiger charge is -2.43. The van der Waals surface area contributed by atoms with Crippen LogP contribution in [0.5, 0.6) is 0 Å². The molecule has 0 aromatic carbocycles. The van der Waals surface area contributed by atoms with Gasteiger partial charge >= 0.3 is 0 Å². The molecule has 0 amide bonds. The van der Waals surface area contributed by atoms with Crippen molar-refractivity contribution in [1.82, 2.24) is 15.6 Å². The number of hydrogen-bond acceptors (Lipinski definition) is 9. The van der Waals surface area contributed by atoms with Crippen molar-refractivity contribution in [2.45, 2.75) is 81.6 Å². The first-order valence-electron chi connectivity index (χ1n) is 11.7. The van der Waals surface area contributed by atoms with Crippen molar-refractivity contribution in [1.29, 1.82) is 0 Å². The molecule has 0 spiro atoms. The molecule has 6 atom stereocenters. The minimum absolute atomic E-state index is 0.00599. The maximum atomic E-state index is 9.36. The van der Waals surface area contributed by atoms with Crippen LogP contribution in [0.4, 0.5) is 0 Å². The first-order chi connectivity index (χ1) is 14.6. The van der Waals surface area contributed by atoms with Gasteiger partial charge in [0.25, 0.3) is 0 Å². The zero-order valence-electron chi connectivity index (χ0n) is 17.9. The molecule has 4 saturated heterocycles. The lowest BCUT2D eigenvalue weighted by Crippen LogP contribution is -2.61. The molecule has 4 aliphatic heterocycles. The van der Waals surface area contributed by atoms with Crippen LogP contribution in [0.1, 0.15) is 44.9 Å². The molecular formula is C21H39N3O6. The summed E-state index contributed by atoms with van der Waals surface area (Å²) in [6, 6.07) is 0. The highest BCUT2D eigenvalue weighted by atomic mass is 16.5. The second kappa shape index (κ2) is 11.0. The Hall–Kier alpha value is -0.360. The van der Waals surface area contributed by atoms with E-state index in [-0.39, 0.29) is 56.4 Å². The van der Waals surface area contributed by atoms with E-state index in [4.69, 9.17) is 14.2 Å². The van der Waals surface area contributed by atoms with Gasteiger partial charge in [-0.2, -0.15) is 5.53 Å². The highest BCUT2D eigenvalue weighted by molar-refractivity contribution is 4.84. The Morgan fingerprint density at radius 2 is 1.00 bits per heavy atom. The zero-order chi connectivity index (χ0) is 20.9. The zero-order valence-corrected chi connectivity index (χ0v) is 17.9. The SMILES string of the molecule is OCC1CCC(CC2CN(CC3CCC(CO)O3)NN(CC3CCC(CO)O3)C2)O1. The summed E-state index contributed by atoms with van der Waals surface area (Å²) in [4.78, 5) is 0. The Labute approximate surface area is 179 Å². The number of hydrogen-bond donors (Lipinski definition) is 4. The van der Waals surface area contributed by atoms with Gasteiger partial charge in [0, 0.05) is 26.2 Å². The van der Waals surface area contributed by atoms with E-state index in [9.17, 15) is 15.3 Å². The molecule has 4 N–H and O–H groups in total. The second-order valence-electron chi connectivity index (χ2n) is 9.43. The number of hydrazine groups is 2. The summed E-state index contributed by atoms with van der Waals surface area (Å²) in [5.74, 6) is 0.457. The molecular weight excluding hydrogens is 390 g/mol. The molecule has 4 rings (SSSR count). The molecule has 174 valence electrons. The minimum Gasteiger partial charge on any atom is -0.394 e. The molecule has 30 heavy (non-hydrogen) atoms. The lowest BCUT2D eigenvalue weighted by molar-refractivity contribution is -0.102. The van der Waals surface area contributed by atoms with Crippen LogP contribution in [-0.2, 0) is 14.2 Å². The fraction of sp³-hybridized carbons (Fsp3) is 1.00. The smallest absolute Gasteiger partial charge is 0.0811 e. The predicted octanol–water partition coefficient (Wildman–Crippen LogP) is -0.350. The lowest BCUT2D eigenvalue weighted by atomic mass is 9.98. The maximum absolute atomic E-state index is 9.36. The number of ether oxygens (including phenoxy) is 3. The first-order valence-corrected chi connectivity index (χ1v) is 11.7. The van der Waals surface area contributed by atoms with E-state index in [1.54, 1.807) is 0 Å². The highest BCUT2D eigenvalue weighted by Gasteiger charge is 2.35. The van der Waals surface area contributed by atoms with Gasteiger partial charge in [-0.25, -0.2) is 10.0 Å². The molecule has 4 fully saturated rings. The number of aliphatic hydroxyl groups is 3. The van der Waals surface area contributed by atoms with Crippen LogP contribution in [0.3, 0.4) is 0 Å². The second-order valence-corrected chi connectivity index (χ2v) is 9.43. The van der Waals surface area contributed by atoms with Crippen LogP contribution in [0.2, 0.25) is 0 Å². The Kier molecular flexibility index (Phi) is 8.35. The van der Waals surface area contributed by atoms with Crippen LogP contribution in [0.25, 0.3) is 0 Å². The monoisotopic (exact) mass is 429 g/mol. The maximum Gasteiger partial charge on any atom is 0.0811 e. The summed E-state index contributed by atoms with van der Waals surface area (Å²) in [7, 11) is 0. The van der Waals surface area contributed by atoms with E-state index >= 15 is 0 Å². The van der Waals surface area contributed by atoms with Gasteiger partial charge in [0.05, 0.1) is 56.4 Å². The number of nitrogens with zero attached hydrogens (tertiary/aromatic N) is 2. The van der Waals surface area contributed by atoms with Gasteiger partial charge in [-0.05, 0) is 50.9 Å². The Morgan fingerprint density at radius 1 is 0.600 bits per heavy atom. The molecule has 0 aliphatic carbocycles. The van der Waals surface area contributed by atoms with Gasteiger partial charge < -0.3 is 29.5 Å². The van der Waals surface area contributed by atoms with Crippen LogP contribution in [0.15, 0.2) is 0 Å². The molecule has 0 aromatic heterocycles. The third-order valence-electron chi connectivity index (χ3n) is 6.88. The summed E-state index contributed by atoms with van der Waals surface area (Å²) < 4.78 is 17.9. The fourth-order valence-corrected chi connectivity index (χ4v) is 5.39. The number of rotatable bonds is 9. The first kappa shape index (κ1) is 22.8. The summed E-state index contributed by atoms with van der Waals surface area (Å²) in [6.07, 6.45) is 7.15. The van der Waals surface area contributed by atoms with Crippen molar-refractivity contribution in [3.63, 3.8) is 0 Å². The number of nitrogens with one attached hydrogen (secondary N) is 1. The minimum atomic E-state index is -0.0312. The highest BCUT2D eigenvalue weighted by Crippen LogP contribution is 2.28. The molecule has 4 heterocycles. The summed E-state index contributed by atoms with van der Waals surface area (Å²) in [5.41, 5.74) is 3.55. The van der Waals surface area contributed by atoms with Crippen molar-refractivity contribution < 1.29 is 29.5 Å². The molecule has 6 unspecified atom stereocenters. The standard InChI is InChI=1S/C21H39N3O6/c25-12-19-4-1-16(28-19)7-15-8-23(10-17-2-5-20(13-26)29-17)22-24(9-15)11-18-3-6-21(14-27)30-18/h15-22,25-27H,1-14H2. The predicted molar refractivity (Wildman–Crippen MR) is 109 cm³/mol. The van der Waals surface area contributed by atoms with E-state index in [2.05, 4.69) is 15.6 Å². The van der Waals surface area contributed by atoms with E-state index in [1.165, 1.54) is 0 Å². The van der Waals surface area contributed by atoms with E-state index in [0.29, 0.717) is 5.92 Å². The molecule has 9 heteroatoms. The molecule has 4 aliphatic rings. The van der Waals surface area contributed by atoms with Gasteiger partial charge in [-0.15, -0.1) is 0 Å². The molecule has 0 bridgehead atoms. The topological polar surface area (TPSA) is 107 Å². The van der Waals surface area contributed by atoms with E-state index in [0.717, 1.165) is 71.1 Å². The summed E-state index contributed by atoms with van der Waals surface area (Å²) >= 11 is 0. The van der Waals surface area contributed by atoms with Crippen LogP contribution in [-0.4, -0.2) is 108 Å². The van der Waals surface area contributed by atoms with Gasteiger partial charge in [0.1, 0.15) is 0 Å². The largest absolute Gasteiger partial charge is 0.394 e. The third kappa shape index (κ3) is 6.11. The summed E-state index contributed by atoms with van der Waals surface area (Å²) in [5, 5.41) is 32.6. The van der Waals surface area contributed by atoms with Crippen LogP contribution in [0, 0.1) is 5.92 Å². The van der Waals surface area contributed by atoms with Crippen LogP contribution >= 0.6 is 0 Å². The Balaban J connectivity index is 1.32. The van der Waals surface area contributed by atoms with Gasteiger partial charge in [0.2, 0.25) is 0 Å². The van der Waals surface area contributed by atoms with Crippen molar-refractivity contribution in [3.8, 4) is 0 Å². The molecule has 0 aromatic rings. The molecule has 0 radical (unpaired) electrons. The van der Waals surface area contributed by atoms with Gasteiger partial charge in [-0.3, -0.25) is 0 Å². The van der Waals surface area contributed by atoms with Crippen molar-refractivity contribution >= 4 is 0 Å². The average Bonchev–Trinajstić information content (AvgIpc) is 3.49.